The molecule has 0 unspecified atom stereocenters. The van der Waals surface area contributed by atoms with Crippen LogP contribution in [0.25, 0.3) is 11.3 Å². The van der Waals surface area contributed by atoms with Gasteiger partial charge in [-0.25, -0.2) is 4.98 Å². The number of thiazole rings is 1. The molecule has 3 nitrogen and oxygen atoms in total. The molecule has 0 bridgehead atoms. The highest BCUT2D eigenvalue weighted by molar-refractivity contribution is 7.16. The van der Waals surface area contributed by atoms with E-state index in [4.69, 9.17) is 10.5 Å². The second-order valence-electron chi connectivity index (χ2n) is 5.03. The molecule has 2 heterocycles. The van der Waals surface area contributed by atoms with Crippen molar-refractivity contribution in [1.82, 2.24) is 4.98 Å². The first-order chi connectivity index (χ1) is 8.51. The molecule has 0 saturated carbocycles. The molecule has 0 aliphatic carbocycles. The minimum Gasteiger partial charge on any atom is -0.482 e. The van der Waals surface area contributed by atoms with Crippen LogP contribution in [-0.2, 0) is 12.0 Å². The topological polar surface area (TPSA) is 48.1 Å². The molecule has 18 heavy (non-hydrogen) atoms. The predicted octanol–water partition coefficient (Wildman–Crippen LogP) is 3.58. The number of ether oxygens (including phenoxy) is 1. The number of nitrogens with two attached hydrogens (primary N) is 1. The molecule has 0 spiro atoms. The van der Waals surface area contributed by atoms with E-state index < -0.39 is 0 Å². The van der Waals surface area contributed by atoms with Crippen LogP contribution in [0, 0.1) is 0 Å². The average Bonchev–Trinajstić information content (AvgIpc) is 2.72. The molecule has 1 aliphatic heterocycles. The molecule has 1 aromatic carbocycles. The molecule has 0 saturated heterocycles. The van der Waals surface area contributed by atoms with Crippen LogP contribution in [0.15, 0.2) is 18.2 Å². The third kappa shape index (κ3) is 1.60. The van der Waals surface area contributed by atoms with E-state index in [1.54, 1.807) is 0 Å². The number of nitrogen functional groups attached to an aromatic ring is 1. The fourth-order valence-corrected chi connectivity index (χ4v) is 3.21. The summed E-state index contributed by atoms with van der Waals surface area (Å²) in [6.45, 7) is 6.26. The summed E-state index contributed by atoms with van der Waals surface area (Å²) in [5, 5.41) is 0.603. The van der Waals surface area contributed by atoms with Crippen molar-refractivity contribution in [2.45, 2.75) is 32.8 Å². The zero-order chi connectivity index (χ0) is 12.9. The van der Waals surface area contributed by atoms with Gasteiger partial charge in [0.15, 0.2) is 5.13 Å². The van der Waals surface area contributed by atoms with Gasteiger partial charge in [0.05, 0.1) is 10.6 Å². The Morgan fingerprint density at radius 2 is 2.17 bits per heavy atom. The zero-order valence-electron chi connectivity index (χ0n) is 10.8. The van der Waals surface area contributed by atoms with Crippen LogP contribution in [-0.4, -0.2) is 4.98 Å². The van der Waals surface area contributed by atoms with Crippen LogP contribution in [0.1, 0.15) is 31.2 Å². The Kier molecular flexibility index (Phi) is 2.38. The van der Waals surface area contributed by atoms with E-state index in [2.05, 4.69) is 37.9 Å². The smallest absolute Gasteiger partial charge is 0.180 e. The maximum absolute atomic E-state index is 6.07. The van der Waals surface area contributed by atoms with Crippen LogP contribution < -0.4 is 10.5 Å². The van der Waals surface area contributed by atoms with Crippen LogP contribution in [0.5, 0.6) is 5.75 Å². The Morgan fingerprint density at radius 3 is 2.89 bits per heavy atom. The van der Waals surface area contributed by atoms with Gasteiger partial charge in [-0.05, 0) is 38.0 Å². The monoisotopic (exact) mass is 260 g/mol. The highest BCUT2D eigenvalue weighted by Gasteiger charge is 2.35. The van der Waals surface area contributed by atoms with Crippen molar-refractivity contribution in [3.63, 3.8) is 0 Å². The van der Waals surface area contributed by atoms with Gasteiger partial charge in [-0.2, -0.15) is 0 Å². The molecule has 94 valence electrons. The van der Waals surface area contributed by atoms with Crippen molar-refractivity contribution < 1.29 is 4.74 Å². The summed E-state index contributed by atoms with van der Waals surface area (Å²) in [7, 11) is 0. The fourth-order valence-electron chi connectivity index (χ4n) is 2.32. The van der Waals surface area contributed by atoms with Crippen molar-refractivity contribution in [3.8, 4) is 17.0 Å². The number of aryl methyl sites for hydroxylation is 1. The SMILES string of the molecule is CCc1ccc2c(c1)-c1nc(N)sc1C(C)(C)O2. The lowest BCUT2D eigenvalue weighted by Gasteiger charge is -2.31. The molecule has 3 rings (SSSR count). The summed E-state index contributed by atoms with van der Waals surface area (Å²) in [4.78, 5) is 5.59. The van der Waals surface area contributed by atoms with Gasteiger partial charge < -0.3 is 10.5 Å². The fraction of sp³-hybridized carbons (Fsp3) is 0.357. The first kappa shape index (κ1) is 11.5. The lowest BCUT2D eigenvalue weighted by atomic mass is 9.95. The third-order valence-corrected chi connectivity index (χ3v) is 4.45. The Bertz CT molecular complexity index is 616. The molecule has 2 N–H and O–H groups in total. The number of hydrogen-bond acceptors (Lipinski definition) is 4. The van der Waals surface area contributed by atoms with Crippen molar-refractivity contribution >= 4 is 16.5 Å². The summed E-state index contributed by atoms with van der Waals surface area (Å²) in [5.74, 6) is 0.898. The first-order valence-electron chi connectivity index (χ1n) is 6.10. The van der Waals surface area contributed by atoms with Crippen molar-refractivity contribution in [1.29, 1.82) is 0 Å². The lowest BCUT2D eigenvalue weighted by molar-refractivity contribution is 0.109. The third-order valence-electron chi connectivity index (χ3n) is 3.26. The second kappa shape index (κ2) is 3.72. The number of hydrogen-bond donors (Lipinski definition) is 1. The van der Waals surface area contributed by atoms with Gasteiger partial charge in [0, 0.05) is 5.56 Å². The molecule has 1 aromatic heterocycles. The molecule has 0 radical (unpaired) electrons. The van der Waals surface area contributed by atoms with Gasteiger partial charge in [0.25, 0.3) is 0 Å². The maximum Gasteiger partial charge on any atom is 0.180 e. The van der Waals surface area contributed by atoms with Gasteiger partial charge in [0.2, 0.25) is 0 Å². The summed E-state index contributed by atoms with van der Waals surface area (Å²) in [6.07, 6.45) is 1.01. The van der Waals surface area contributed by atoms with Crippen LogP contribution >= 0.6 is 11.3 Å². The molecule has 1 aliphatic rings. The van der Waals surface area contributed by atoms with E-state index in [1.807, 2.05) is 6.07 Å². The molecule has 0 fully saturated rings. The number of aromatic nitrogens is 1. The highest BCUT2D eigenvalue weighted by atomic mass is 32.1. The Balaban J connectivity index is 2.26. The Labute approximate surface area is 111 Å². The number of fused-ring (bicyclic) bond motifs is 3. The van der Waals surface area contributed by atoms with Crippen LogP contribution in [0.4, 0.5) is 5.13 Å². The summed E-state index contributed by atoms with van der Waals surface area (Å²) in [5.41, 5.74) is 8.84. The Morgan fingerprint density at radius 1 is 1.39 bits per heavy atom. The standard InChI is InChI=1S/C14H16N2OS/c1-4-8-5-6-10-9(7-8)11-12(14(2,3)17-10)18-13(15)16-11/h5-7H,4H2,1-3H3,(H2,15,16). The van der Waals surface area contributed by atoms with Gasteiger partial charge in [-0.3, -0.25) is 0 Å². The predicted molar refractivity (Wildman–Crippen MR) is 75.0 cm³/mol. The maximum atomic E-state index is 6.07. The second-order valence-corrected chi connectivity index (χ2v) is 6.06. The molecule has 0 amide bonds. The van der Waals surface area contributed by atoms with Gasteiger partial charge in [0.1, 0.15) is 11.4 Å². The average molecular weight is 260 g/mol. The summed E-state index contributed by atoms with van der Waals surface area (Å²) >= 11 is 1.52. The number of nitrogens with zero attached hydrogens (tertiary/aromatic N) is 1. The highest BCUT2D eigenvalue weighted by Crippen LogP contribution is 2.47. The molecular formula is C14H16N2OS. The van der Waals surface area contributed by atoms with Crippen molar-refractivity contribution in [3.05, 3.63) is 28.6 Å². The van der Waals surface area contributed by atoms with E-state index in [-0.39, 0.29) is 5.60 Å². The summed E-state index contributed by atoms with van der Waals surface area (Å²) in [6, 6.07) is 6.30. The van der Waals surface area contributed by atoms with Gasteiger partial charge in [-0.15, -0.1) is 0 Å². The zero-order valence-corrected chi connectivity index (χ0v) is 11.6. The molecule has 4 heteroatoms. The normalized spacial score (nSPS) is 15.7. The van der Waals surface area contributed by atoms with E-state index in [9.17, 15) is 0 Å². The first-order valence-corrected chi connectivity index (χ1v) is 6.92. The quantitative estimate of drug-likeness (QED) is 0.852. The number of anilines is 1. The van der Waals surface area contributed by atoms with E-state index in [1.165, 1.54) is 16.9 Å². The van der Waals surface area contributed by atoms with Crippen molar-refractivity contribution in [2.75, 3.05) is 5.73 Å². The van der Waals surface area contributed by atoms with Gasteiger partial charge in [-0.1, -0.05) is 24.3 Å². The minimum atomic E-state index is -0.356. The molecule has 0 atom stereocenters. The van der Waals surface area contributed by atoms with E-state index in [0.29, 0.717) is 5.13 Å². The van der Waals surface area contributed by atoms with E-state index >= 15 is 0 Å². The number of rotatable bonds is 1. The summed E-state index contributed by atoms with van der Waals surface area (Å²) < 4.78 is 6.07. The Hall–Kier alpha value is -1.55. The minimum absolute atomic E-state index is 0.356. The molecular weight excluding hydrogens is 244 g/mol. The van der Waals surface area contributed by atoms with Gasteiger partial charge >= 0.3 is 0 Å². The van der Waals surface area contributed by atoms with E-state index in [0.717, 1.165) is 28.3 Å². The lowest BCUT2D eigenvalue weighted by Crippen LogP contribution is -2.28. The van der Waals surface area contributed by atoms with Crippen LogP contribution in [0.3, 0.4) is 0 Å². The van der Waals surface area contributed by atoms with Crippen LogP contribution in [0.2, 0.25) is 0 Å². The number of benzene rings is 1. The largest absolute Gasteiger partial charge is 0.482 e. The molecule has 2 aromatic rings. The van der Waals surface area contributed by atoms with Crippen molar-refractivity contribution in [2.24, 2.45) is 0 Å².